The van der Waals surface area contributed by atoms with Crippen LogP contribution in [0.15, 0.2) is 30.7 Å². The van der Waals surface area contributed by atoms with Gasteiger partial charge in [-0.3, -0.25) is 0 Å². The molecule has 1 aliphatic rings. The molecule has 1 aliphatic heterocycles. The number of nitrogens with one attached hydrogen (secondary N) is 1. The smallest absolute Gasteiger partial charge is 0.137 e. The van der Waals surface area contributed by atoms with Crippen molar-refractivity contribution in [3.8, 4) is 11.3 Å². The molecule has 3 aromatic heterocycles. The Hall–Kier alpha value is -2.10. The van der Waals surface area contributed by atoms with Gasteiger partial charge in [0.2, 0.25) is 0 Å². The van der Waals surface area contributed by atoms with Gasteiger partial charge in [0, 0.05) is 36.3 Å². The highest BCUT2D eigenvalue weighted by molar-refractivity contribution is 5.92. The third kappa shape index (κ3) is 1.18. The van der Waals surface area contributed by atoms with Gasteiger partial charge in [-0.05, 0) is 18.6 Å². The van der Waals surface area contributed by atoms with Crippen LogP contribution in [-0.4, -0.2) is 19.5 Å². The quantitative estimate of drug-likeness (QED) is 0.689. The highest BCUT2D eigenvalue weighted by Gasteiger charge is 2.18. The van der Waals surface area contributed by atoms with E-state index in [-0.39, 0.29) is 0 Å². The number of rotatable bonds is 1. The topological polar surface area (TPSA) is 46.5 Å². The molecule has 0 radical (unpaired) electrons. The molecule has 3 aromatic rings. The van der Waals surface area contributed by atoms with Crippen LogP contribution in [0.4, 0.5) is 0 Å². The normalized spacial score (nSPS) is 14.4. The van der Waals surface area contributed by atoms with E-state index in [4.69, 9.17) is 0 Å². The van der Waals surface area contributed by atoms with Crippen molar-refractivity contribution in [3.63, 3.8) is 0 Å². The number of fused-ring (bicyclic) bond motifs is 2. The van der Waals surface area contributed by atoms with Gasteiger partial charge in [0.1, 0.15) is 11.5 Å². The first kappa shape index (κ1) is 8.98. The summed E-state index contributed by atoms with van der Waals surface area (Å²) in [6.07, 6.45) is 8.12. The summed E-state index contributed by atoms with van der Waals surface area (Å²) >= 11 is 0. The first-order valence-corrected chi connectivity index (χ1v) is 5.90. The fourth-order valence-electron chi connectivity index (χ4n) is 2.64. The van der Waals surface area contributed by atoms with E-state index < -0.39 is 0 Å². The Balaban J connectivity index is 1.99. The predicted octanol–water partition coefficient (Wildman–Crippen LogP) is 2.37. The summed E-state index contributed by atoms with van der Waals surface area (Å²) in [7, 11) is 0. The van der Waals surface area contributed by atoms with Crippen LogP contribution >= 0.6 is 0 Å². The first-order chi connectivity index (χ1) is 8.43. The van der Waals surface area contributed by atoms with Crippen LogP contribution in [0.3, 0.4) is 0 Å². The van der Waals surface area contributed by atoms with Crippen LogP contribution in [0.5, 0.6) is 0 Å². The first-order valence-electron chi connectivity index (χ1n) is 5.90. The number of aryl methyl sites for hydroxylation is 1. The molecule has 0 fully saturated rings. The number of pyridine rings is 1. The summed E-state index contributed by atoms with van der Waals surface area (Å²) < 4.78 is 2.32. The van der Waals surface area contributed by atoms with Crippen molar-refractivity contribution in [2.24, 2.45) is 0 Å². The highest BCUT2D eigenvalue weighted by Crippen LogP contribution is 2.30. The van der Waals surface area contributed by atoms with Crippen molar-refractivity contribution in [2.45, 2.75) is 19.4 Å². The zero-order valence-corrected chi connectivity index (χ0v) is 9.35. The van der Waals surface area contributed by atoms with Gasteiger partial charge < -0.3 is 9.55 Å². The summed E-state index contributed by atoms with van der Waals surface area (Å²) in [4.78, 5) is 12.0. The van der Waals surface area contributed by atoms with Crippen molar-refractivity contribution < 1.29 is 0 Å². The van der Waals surface area contributed by atoms with Crippen LogP contribution in [0.1, 0.15) is 12.2 Å². The number of H-pyrrole nitrogens is 1. The van der Waals surface area contributed by atoms with Crippen LogP contribution in [0.2, 0.25) is 0 Å². The molecule has 84 valence electrons. The van der Waals surface area contributed by atoms with Gasteiger partial charge in [-0.1, -0.05) is 0 Å². The Labute approximate surface area is 98.3 Å². The lowest BCUT2D eigenvalue weighted by Crippen LogP contribution is -1.94. The minimum absolute atomic E-state index is 0.941. The van der Waals surface area contributed by atoms with Crippen molar-refractivity contribution in [2.75, 3.05) is 0 Å². The molecule has 4 heteroatoms. The number of nitrogens with zero attached hydrogens (tertiary/aromatic N) is 3. The fraction of sp³-hybridized carbons (Fsp3) is 0.231. The lowest BCUT2D eigenvalue weighted by Gasteiger charge is -2.02. The average Bonchev–Trinajstić information content (AvgIpc) is 3.02. The molecule has 0 amide bonds. The molecule has 4 nitrogen and oxygen atoms in total. The minimum atomic E-state index is 0.941. The second-order valence-electron chi connectivity index (χ2n) is 4.42. The lowest BCUT2D eigenvalue weighted by atomic mass is 10.2. The second kappa shape index (κ2) is 3.20. The largest absolute Gasteiger partial charge is 0.345 e. The van der Waals surface area contributed by atoms with Gasteiger partial charge in [-0.15, -0.1) is 0 Å². The fourth-order valence-corrected chi connectivity index (χ4v) is 2.64. The number of aromatic nitrogens is 4. The number of hydrogen-bond donors (Lipinski definition) is 1. The van der Waals surface area contributed by atoms with Gasteiger partial charge >= 0.3 is 0 Å². The van der Waals surface area contributed by atoms with Gasteiger partial charge in [-0.25, -0.2) is 9.97 Å². The van der Waals surface area contributed by atoms with Crippen molar-refractivity contribution in [1.29, 1.82) is 0 Å². The van der Waals surface area contributed by atoms with Crippen molar-refractivity contribution in [1.82, 2.24) is 19.5 Å². The molecule has 0 spiro atoms. The standard InChI is InChI=1S/C13H12N4/c1-3-9-10(7-16-13(9)14-5-1)11-8-15-12-4-2-6-17(11)12/h1,3,5,7-8H,2,4,6H2,(H,14,16). The maximum absolute atomic E-state index is 4.49. The van der Waals surface area contributed by atoms with Crippen molar-refractivity contribution in [3.05, 3.63) is 36.5 Å². The Bertz CT molecular complexity index is 692. The summed E-state index contributed by atoms with van der Waals surface area (Å²) in [6.45, 7) is 1.08. The van der Waals surface area contributed by atoms with E-state index >= 15 is 0 Å². The molecule has 17 heavy (non-hydrogen) atoms. The maximum Gasteiger partial charge on any atom is 0.137 e. The maximum atomic E-state index is 4.49. The third-order valence-electron chi connectivity index (χ3n) is 3.45. The SMILES string of the molecule is c1cnc2[nH]cc(-c3cnc4n3CCC4)c2c1. The van der Waals surface area contributed by atoms with E-state index in [0.717, 1.165) is 18.6 Å². The third-order valence-corrected chi connectivity index (χ3v) is 3.45. The summed E-state index contributed by atoms with van der Waals surface area (Å²) in [5, 5.41) is 1.17. The molecule has 4 heterocycles. The molecule has 0 aliphatic carbocycles. The number of hydrogen-bond acceptors (Lipinski definition) is 2. The molecular weight excluding hydrogens is 212 g/mol. The minimum Gasteiger partial charge on any atom is -0.345 e. The van der Waals surface area contributed by atoms with Crippen molar-refractivity contribution >= 4 is 11.0 Å². The van der Waals surface area contributed by atoms with E-state index in [0.29, 0.717) is 0 Å². The Morgan fingerprint density at radius 3 is 3.29 bits per heavy atom. The molecular formula is C13H12N4. The predicted molar refractivity (Wildman–Crippen MR) is 65.6 cm³/mol. The van der Waals surface area contributed by atoms with Gasteiger partial charge in [-0.2, -0.15) is 0 Å². The molecule has 4 rings (SSSR count). The van der Waals surface area contributed by atoms with Gasteiger partial charge in [0.15, 0.2) is 0 Å². The summed E-state index contributed by atoms with van der Waals surface area (Å²) in [5.74, 6) is 1.21. The van der Waals surface area contributed by atoms with Gasteiger partial charge in [0.05, 0.1) is 11.9 Å². The molecule has 0 atom stereocenters. The molecule has 0 saturated heterocycles. The summed E-state index contributed by atoms with van der Waals surface area (Å²) in [5.41, 5.74) is 3.35. The average molecular weight is 224 g/mol. The Kier molecular flexibility index (Phi) is 1.69. The second-order valence-corrected chi connectivity index (χ2v) is 4.42. The van der Waals surface area contributed by atoms with Crippen LogP contribution in [0, 0.1) is 0 Å². The lowest BCUT2D eigenvalue weighted by molar-refractivity contribution is 0.756. The molecule has 1 N–H and O–H groups in total. The monoisotopic (exact) mass is 224 g/mol. The van der Waals surface area contributed by atoms with Crippen LogP contribution in [0.25, 0.3) is 22.3 Å². The van der Waals surface area contributed by atoms with E-state index in [1.54, 1.807) is 0 Å². The van der Waals surface area contributed by atoms with E-state index in [2.05, 4.69) is 25.6 Å². The zero-order chi connectivity index (χ0) is 11.2. The van der Waals surface area contributed by atoms with Crippen LogP contribution < -0.4 is 0 Å². The number of aromatic amines is 1. The molecule has 0 bridgehead atoms. The van der Waals surface area contributed by atoms with E-state index in [9.17, 15) is 0 Å². The van der Waals surface area contributed by atoms with Gasteiger partial charge in [0.25, 0.3) is 0 Å². The molecule has 0 aromatic carbocycles. The number of imidazole rings is 1. The highest BCUT2D eigenvalue weighted by atomic mass is 15.1. The summed E-state index contributed by atoms with van der Waals surface area (Å²) in [6, 6.07) is 4.07. The Morgan fingerprint density at radius 2 is 2.29 bits per heavy atom. The van der Waals surface area contributed by atoms with E-state index in [1.807, 2.05) is 24.7 Å². The van der Waals surface area contributed by atoms with E-state index in [1.165, 1.54) is 28.9 Å². The Morgan fingerprint density at radius 1 is 1.29 bits per heavy atom. The molecule has 0 unspecified atom stereocenters. The van der Waals surface area contributed by atoms with Crippen LogP contribution in [-0.2, 0) is 13.0 Å². The zero-order valence-electron chi connectivity index (χ0n) is 9.35. The molecule has 0 saturated carbocycles.